The molecule has 0 spiro atoms. The van der Waals surface area contributed by atoms with Gasteiger partial charge < -0.3 is 19.6 Å². The number of rotatable bonds is 6. The lowest BCUT2D eigenvalue weighted by molar-refractivity contribution is 0.118. The highest BCUT2D eigenvalue weighted by molar-refractivity contribution is 5.91. The normalized spacial score (nSPS) is 20.4. The van der Waals surface area contributed by atoms with Crippen molar-refractivity contribution in [2.45, 2.75) is 51.0 Å². The second-order valence-electron chi connectivity index (χ2n) is 11.2. The van der Waals surface area contributed by atoms with Gasteiger partial charge >= 0.3 is 12.1 Å². The summed E-state index contributed by atoms with van der Waals surface area (Å²) in [5.74, 6) is 0.765. The molecular formula is C32H31N7O3. The first-order valence-corrected chi connectivity index (χ1v) is 14.3. The van der Waals surface area contributed by atoms with Gasteiger partial charge in [0, 0.05) is 56.7 Å². The largest absolute Gasteiger partial charge is 0.465 e. The third-order valence-electron chi connectivity index (χ3n) is 8.81. The predicted octanol–water partition coefficient (Wildman–Crippen LogP) is 4.86. The van der Waals surface area contributed by atoms with Crippen LogP contribution in [0.2, 0.25) is 0 Å². The lowest BCUT2D eigenvalue weighted by Gasteiger charge is -2.40. The van der Waals surface area contributed by atoms with Crippen molar-refractivity contribution in [1.29, 1.82) is 5.26 Å². The molecule has 1 N–H and O–H groups in total. The highest BCUT2D eigenvalue weighted by Crippen LogP contribution is 2.44. The quantitative estimate of drug-likeness (QED) is 0.352. The van der Waals surface area contributed by atoms with Gasteiger partial charge in [-0.25, -0.2) is 4.79 Å². The summed E-state index contributed by atoms with van der Waals surface area (Å²) in [6, 6.07) is 19.2. The molecule has 1 amide bonds. The first kappa shape index (κ1) is 26.2. The van der Waals surface area contributed by atoms with Gasteiger partial charge in [0.1, 0.15) is 11.9 Å². The number of anilines is 1. The van der Waals surface area contributed by atoms with Crippen molar-refractivity contribution in [3.05, 3.63) is 88.9 Å². The Labute approximate surface area is 243 Å². The topological polar surface area (TPSA) is 119 Å². The number of hydrogen-bond donors (Lipinski definition) is 1. The van der Waals surface area contributed by atoms with Crippen LogP contribution in [0.25, 0.3) is 10.8 Å². The summed E-state index contributed by atoms with van der Waals surface area (Å²) in [6.45, 7) is 4.47. The molecule has 1 fully saturated rings. The number of fused-ring (bicyclic) bond motifs is 1. The Morgan fingerprint density at radius 3 is 2.71 bits per heavy atom. The summed E-state index contributed by atoms with van der Waals surface area (Å²) in [5.41, 5.74) is 5.66. The van der Waals surface area contributed by atoms with Crippen LogP contribution in [-0.2, 0) is 19.5 Å². The van der Waals surface area contributed by atoms with E-state index in [0.717, 1.165) is 29.1 Å². The summed E-state index contributed by atoms with van der Waals surface area (Å²) in [7, 11) is 0. The van der Waals surface area contributed by atoms with Gasteiger partial charge in [-0.2, -0.15) is 15.2 Å². The monoisotopic (exact) mass is 561 g/mol. The van der Waals surface area contributed by atoms with Crippen molar-refractivity contribution in [2.75, 3.05) is 24.5 Å². The molecule has 2 aromatic heterocycles. The van der Waals surface area contributed by atoms with Gasteiger partial charge in [-0.05, 0) is 52.9 Å². The summed E-state index contributed by atoms with van der Waals surface area (Å²) in [6.07, 6.45) is 3.25. The molecule has 1 saturated heterocycles. The Morgan fingerprint density at radius 2 is 1.93 bits per heavy atom. The van der Waals surface area contributed by atoms with E-state index in [2.05, 4.69) is 57.3 Å². The minimum Gasteiger partial charge on any atom is -0.465 e. The van der Waals surface area contributed by atoms with E-state index in [1.807, 2.05) is 19.1 Å². The van der Waals surface area contributed by atoms with Crippen LogP contribution >= 0.6 is 0 Å². The van der Waals surface area contributed by atoms with E-state index in [1.165, 1.54) is 26.8 Å². The summed E-state index contributed by atoms with van der Waals surface area (Å²) < 4.78 is 6.30. The van der Waals surface area contributed by atoms with E-state index in [-0.39, 0.29) is 18.6 Å². The summed E-state index contributed by atoms with van der Waals surface area (Å²) in [5, 5.41) is 21.8. The molecule has 0 radical (unpaired) electrons. The number of carboxylic acid groups (broad SMARTS) is 1. The summed E-state index contributed by atoms with van der Waals surface area (Å²) in [4.78, 5) is 31.8. The number of benzene rings is 2. The van der Waals surface area contributed by atoms with Crippen molar-refractivity contribution < 1.29 is 14.6 Å². The number of piperazine rings is 1. The fourth-order valence-electron chi connectivity index (χ4n) is 6.76. The zero-order valence-corrected chi connectivity index (χ0v) is 23.3. The molecule has 0 bridgehead atoms. The molecule has 42 heavy (non-hydrogen) atoms. The van der Waals surface area contributed by atoms with Crippen molar-refractivity contribution in [1.82, 2.24) is 24.8 Å². The lowest BCUT2D eigenvalue weighted by Crippen LogP contribution is -2.55. The van der Waals surface area contributed by atoms with Gasteiger partial charge in [-0.15, -0.1) is 0 Å². The number of aromatic nitrogens is 3. The average molecular weight is 562 g/mol. The SMILES string of the molecule is C[C@@H](Oc1nc2c(c(N3CCN(C(=O)O)[C@@H](CC#N)C3)n1)CN(C1Cc3cccc4cccc1c34)C2)c1ccncc1. The smallest absolute Gasteiger partial charge is 0.407 e. The van der Waals surface area contributed by atoms with E-state index in [9.17, 15) is 15.2 Å². The molecule has 4 heterocycles. The van der Waals surface area contributed by atoms with Gasteiger partial charge in [0.25, 0.3) is 0 Å². The number of carbonyl (C=O) groups is 1. The first-order valence-electron chi connectivity index (χ1n) is 14.3. The summed E-state index contributed by atoms with van der Waals surface area (Å²) >= 11 is 0. The molecule has 7 rings (SSSR count). The minimum absolute atomic E-state index is 0.120. The molecule has 1 aliphatic carbocycles. The third-order valence-corrected chi connectivity index (χ3v) is 8.81. The van der Waals surface area contributed by atoms with Gasteiger partial charge in [0.2, 0.25) is 0 Å². The molecule has 3 atom stereocenters. The molecule has 10 nitrogen and oxygen atoms in total. The second kappa shape index (κ2) is 10.6. The van der Waals surface area contributed by atoms with E-state index < -0.39 is 12.1 Å². The van der Waals surface area contributed by atoms with Gasteiger partial charge in [0.15, 0.2) is 0 Å². The number of pyridine rings is 1. The Morgan fingerprint density at radius 1 is 1.12 bits per heavy atom. The van der Waals surface area contributed by atoms with Crippen LogP contribution in [0.1, 0.15) is 53.4 Å². The van der Waals surface area contributed by atoms with Gasteiger partial charge in [0.05, 0.1) is 24.2 Å². The van der Waals surface area contributed by atoms with E-state index in [0.29, 0.717) is 38.7 Å². The zero-order valence-electron chi connectivity index (χ0n) is 23.3. The molecule has 1 unspecified atom stereocenters. The highest BCUT2D eigenvalue weighted by Gasteiger charge is 2.38. The van der Waals surface area contributed by atoms with Crippen LogP contribution in [-0.4, -0.2) is 61.6 Å². The highest BCUT2D eigenvalue weighted by atomic mass is 16.5. The number of ether oxygens (including phenoxy) is 1. The molecule has 0 saturated carbocycles. The van der Waals surface area contributed by atoms with Crippen LogP contribution < -0.4 is 9.64 Å². The molecule has 3 aliphatic rings. The molecule has 2 aromatic carbocycles. The standard InChI is InChI=1S/C32H31N7O3/c1-20(21-9-12-34-13-10-21)42-31-35-27-19-38(28-16-23-6-2-4-22-5-3-7-25(28)29(22)23)18-26(27)30(36-31)37-14-15-39(32(40)41)24(17-37)8-11-33/h2-7,9-10,12-13,20,24,28H,8,14-19H2,1H3,(H,40,41)/t20-,24+,28?/m1/s1. The van der Waals surface area contributed by atoms with Crippen molar-refractivity contribution in [3.8, 4) is 12.1 Å². The predicted molar refractivity (Wildman–Crippen MR) is 156 cm³/mol. The van der Waals surface area contributed by atoms with E-state index in [4.69, 9.17) is 14.7 Å². The van der Waals surface area contributed by atoms with Crippen LogP contribution in [0, 0.1) is 11.3 Å². The Hall–Kier alpha value is -4.75. The Bertz CT molecular complexity index is 1700. The van der Waals surface area contributed by atoms with Gasteiger partial charge in [-0.3, -0.25) is 9.88 Å². The fraction of sp³-hybridized carbons (Fsp3) is 0.344. The molecule has 4 aromatic rings. The Balaban J connectivity index is 1.23. The number of nitriles is 1. The third kappa shape index (κ3) is 4.56. The lowest BCUT2D eigenvalue weighted by atomic mass is 10.0. The van der Waals surface area contributed by atoms with Crippen LogP contribution in [0.5, 0.6) is 6.01 Å². The fourth-order valence-corrected chi connectivity index (χ4v) is 6.76. The first-order chi connectivity index (χ1) is 20.5. The maximum Gasteiger partial charge on any atom is 0.407 e. The molecule has 2 aliphatic heterocycles. The van der Waals surface area contributed by atoms with Crippen molar-refractivity contribution >= 4 is 22.7 Å². The average Bonchev–Trinajstić information content (AvgIpc) is 3.60. The number of amides is 1. The van der Waals surface area contributed by atoms with E-state index in [1.54, 1.807) is 12.4 Å². The second-order valence-corrected chi connectivity index (χ2v) is 11.2. The zero-order chi connectivity index (χ0) is 28.8. The maximum atomic E-state index is 11.9. The Kier molecular flexibility index (Phi) is 6.59. The van der Waals surface area contributed by atoms with Gasteiger partial charge in [-0.1, -0.05) is 36.4 Å². The molecule has 212 valence electrons. The van der Waals surface area contributed by atoms with E-state index >= 15 is 0 Å². The molecule has 10 heteroatoms. The van der Waals surface area contributed by atoms with Crippen molar-refractivity contribution in [2.24, 2.45) is 0 Å². The van der Waals surface area contributed by atoms with Crippen molar-refractivity contribution in [3.63, 3.8) is 0 Å². The number of hydrogen-bond acceptors (Lipinski definition) is 8. The number of nitrogens with zero attached hydrogens (tertiary/aromatic N) is 7. The maximum absolute atomic E-state index is 11.9. The van der Waals surface area contributed by atoms with Crippen LogP contribution in [0.15, 0.2) is 60.9 Å². The minimum atomic E-state index is -1.00. The molecular weight excluding hydrogens is 530 g/mol. The van der Waals surface area contributed by atoms with Crippen LogP contribution in [0.4, 0.5) is 10.6 Å². The van der Waals surface area contributed by atoms with Crippen LogP contribution in [0.3, 0.4) is 0 Å².